The molecule has 2 aromatic rings. The van der Waals surface area contributed by atoms with Crippen LogP contribution in [0.5, 0.6) is 5.75 Å². The lowest BCUT2D eigenvalue weighted by Crippen LogP contribution is -2.56. The van der Waals surface area contributed by atoms with Crippen molar-refractivity contribution in [2.45, 2.75) is 57.5 Å². The minimum Gasteiger partial charge on any atom is -0.484 e. The van der Waals surface area contributed by atoms with Gasteiger partial charge in [0, 0.05) is 19.0 Å². The zero-order valence-corrected chi connectivity index (χ0v) is 18.4. The summed E-state index contributed by atoms with van der Waals surface area (Å²) in [4.78, 5) is 28.3. The highest BCUT2D eigenvalue weighted by Crippen LogP contribution is 2.49. The molecule has 30 heavy (non-hydrogen) atoms. The lowest BCUT2D eigenvalue weighted by atomic mass is 9.88. The maximum atomic E-state index is 12.9. The first-order valence-electron chi connectivity index (χ1n) is 10.3. The van der Waals surface area contributed by atoms with E-state index in [1.54, 1.807) is 6.07 Å². The molecule has 1 aromatic heterocycles. The Kier molecular flexibility index (Phi) is 5.84. The lowest BCUT2D eigenvalue weighted by molar-refractivity contribution is -0.157. The van der Waals surface area contributed by atoms with E-state index < -0.39 is 11.6 Å². The van der Waals surface area contributed by atoms with E-state index in [4.69, 9.17) is 14.2 Å². The van der Waals surface area contributed by atoms with Crippen molar-refractivity contribution in [2.75, 3.05) is 13.7 Å². The molecule has 160 valence electrons. The van der Waals surface area contributed by atoms with Crippen molar-refractivity contribution in [3.8, 4) is 5.75 Å². The lowest BCUT2D eigenvalue weighted by Gasteiger charge is -2.48. The molecular weight excluding hydrogens is 402 g/mol. The van der Waals surface area contributed by atoms with Crippen LogP contribution in [0.1, 0.15) is 59.3 Å². The molecule has 2 aliphatic rings. The van der Waals surface area contributed by atoms with Crippen LogP contribution in [0.3, 0.4) is 0 Å². The highest BCUT2D eigenvalue weighted by atomic mass is 32.1. The molecule has 0 spiro atoms. The molecule has 1 amide bonds. The van der Waals surface area contributed by atoms with Crippen LogP contribution in [0, 0.1) is 0 Å². The number of hydrogen-bond donors (Lipinski definition) is 0. The molecule has 4 rings (SSSR count). The smallest absolute Gasteiger partial charge is 0.348 e. The quantitative estimate of drug-likeness (QED) is 0.662. The van der Waals surface area contributed by atoms with Crippen LogP contribution in [0.2, 0.25) is 0 Å². The summed E-state index contributed by atoms with van der Waals surface area (Å²) in [6.07, 6.45) is 2.02. The second-order valence-corrected chi connectivity index (χ2v) is 9.33. The predicted octanol–water partition coefficient (Wildman–Crippen LogP) is 4.34. The van der Waals surface area contributed by atoms with E-state index in [0.717, 1.165) is 23.3 Å². The molecule has 1 aromatic carbocycles. The SMILES string of the molecule is COC(=O)c1cc2c(s1)[C@@H](N1CCCCC1=O)[C@H](OCc1ccccc1)C(C)(C)O2. The zero-order valence-electron chi connectivity index (χ0n) is 17.6. The van der Waals surface area contributed by atoms with Gasteiger partial charge in [-0.2, -0.15) is 0 Å². The summed E-state index contributed by atoms with van der Waals surface area (Å²) < 4.78 is 17.6. The van der Waals surface area contributed by atoms with Crippen molar-refractivity contribution in [1.29, 1.82) is 0 Å². The number of carbonyl (C=O) groups is 2. The first-order chi connectivity index (χ1) is 14.4. The number of rotatable bonds is 5. The molecule has 1 fully saturated rings. The number of ether oxygens (including phenoxy) is 3. The van der Waals surface area contributed by atoms with E-state index in [1.807, 2.05) is 49.1 Å². The largest absolute Gasteiger partial charge is 0.484 e. The van der Waals surface area contributed by atoms with E-state index in [0.29, 0.717) is 30.2 Å². The van der Waals surface area contributed by atoms with Crippen molar-refractivity contribution >= 4 is 23.2 Å². The molecular formula is C23H27NO5S. The molecule has 0 bridgehead atoms. The Labute approximate surface area is 180 Å². The Bertz CT molecular complexity index is 923. The second-order valence-electron chi connectivity index (χ2n) is 8.24. The van der Waals surface area contributed by atoms with E-state index in [9.17, 15) is 9.59 Å². The van der Waals surface area contributed by atoms with Crippen molar-refractivity contribution in [3.05, 3.63) is 51.7 Å². The van der Waals surface area contributed by atoms with Crippen LogP contribution in [0.15, 0.2) is 36.4 Å². The topological polar surface area (TPSA) is 65.1 Å². The average molecular weight is 430 g/mol. The average Bonchev–Trinajstić information content (AvgIpc) is 3.15. The molecule has 0 saturated carbocycles. The van der Waals surface area contributed by atoms with Crippen LogP contribution in [0.25, 0.3) is 0 Å². The maximum absolute atomic E-state index is 12.9. The third-order valence-electron chi connectivity index (χ3n) is 5.69. The number of esters is 1. The molecule has 6 nitrogen and oxygen atoms in total. The standard InChI is InChI=1S/C23H27NO5S/c1-23(2)21(28-14-15-9-5-4-6-10-15)19(24-12-8-7-11-18(24)25)20-16(29-23)13-17(30-20)22(26)27-3/h4-6,9-10,13,19,21H,7-8,11-12,14H2,1-3H3/t19-,21+/m1/s1. The third kappa shape index (κ3) is 3.96. The summed E-state index contributed by atoms with van der Waals surface area (Å²) in [7, 11) is 1.36. The van der Waals surface area contributed by atoms with Crippen molar-refractivity contribution in [3.63, 3.8) is 0 Å². The molecule has 3 heterocycles. The number of methoxy groups -OCH3 is 1. The van der Waals surface area contributed by atoms with Gasteiger partial charge in [0.15, 0.2) is 0 Å². The number of likely N-dealkylation sites (tertiary alicyclic amines) is 1. The zero-order chi connectivity index (χ0) is 21.3. The Hall–Kier alpha value is -2.38. The van der Waals surface area contributed by atoms with Gasteiger partial charge in [0.25, 0.3) is 0 Å². The minimum atomic E-state index is -0.682. The minimum absolute atomic E-state index is 0.122. The Morgan fingerprint density at radius 2 is 2.03 bits per heavy atom. The molecule has 2 aliphatic heterocycles. The third-order valence-corrected chi connectivity index (χ3v) is 6.86. The summed E-state index contributed by atoms with van der Waals surface area (Å²) in [5, 5.41) is 0. The molecule has 2 atom stereocenters. The highest BCUT2D eigenvalue weighted by Gasteiger charge is 2.50. The summed E-state index contributed by atoms with van der Waals surface area (Å²) in [5.41, 5.74) is 0.378. The first-order valence-corrected chi connectivity index (χ1v) is 11.1. The number of thiophene rings is 1. The number of carbonyl (C=O) groups excluding carboxylic acids is 2. The number of fused-ring (bicyclic) bond motifs is 1. The predicted molar refractivity (Wildman–Crippen MR) is 114 cm³/mol. The van der Waals surface area contributed by atoms with Crippen LogP contribution < -0.4 is 4.74 Å². The van der Waals surface area contributed by atoms with Crippen LogP contribution in [-0.2, 0) is 20.9 Å². The molecule has 0 aliphatic carbocycles. The van der Waals surface area contributed by atoms with Gasteiger partial charge in [-0.3, -0.25) is 4.79 Å². The van der Waals surface area contributed by atoms with Crippen molar-refractivity contribution < 1.29 is 23.8 Å². The van der Waals surface area contributed by atoms with Gasteiger partial charge in [0.2, 0.25) is 5.91 Å². The van der Waals surface area contributed by atoms with Crippen LogP contribution >= 0.6 is 11.3 Å². The van der Waals surface area contributed by atoms with Crippen LogP contribution in [-0.4, -0.2) is 42.1 Å². The Balaban J connectivity index is 1.72. The summed E-state index contributed by atoms with van der Waals surface area (Å²) >= 11 is 1.32. The summed E-state index contributed by atoms with van der Waals surface area (Å²) in [6.45, 7) is 5.04. The Morgan fingerprint density at radius 1 is 1.27 bits per heavy atom. The van der Waals surface area contributed by atoms with Gasteiger partial charge in [0.05, 0.1) is 24.6 Å². The molecule has 0 unspecified atom stereocenters. The van der Waals surface area contributed by atoms with E-state index >= 15 is 0 Å². The van der Waals surface area contributed by atoms with Gasteiger partial charge in [-0.05, 0) is 32.3 Å². The molecule has 0 radical (unpaired) electrons. The van der Waals surface area contributed by atoms with Crippen molar-refractivity contribution in [2.24, 2.45) is 0 Å². The summed E-state index contributed by atoms with van der Waals surface area (Å²) in [5.74, 6) is 0.353. The molecule has 7 heteroatoms. The Morgan fingerprint density at radius 3 is 2.73 bits per heavy atom. The van der Waals surface area contributed by atoms with Gasteiger partial charge in [0.1, 0.15) is 22.3 Å². The van der Waals surface area contributed by atoms with Crippen molar-refractivity contribution in [1.82, 2.24) is 4.90 Å². The van der Waals surface area contributed by atoms with E-state index in [-0.39, 0.29) is 18.1 Å². The number of amides is 1. The second kappa shape index (κ2) is 8.40. The fourth-order valence-corrected chi connectivity index (χ4v) is 5.35. The van der Waals surface area contributed by atoms with Crippen LogP contribution in [0.4, 0.5) is 0 Å². The van der Waals surface area contributed by atoms with Gasteiger partial charge in [-0.15, -0.1) is 11.3 Å². The summed E-state index contributed by atoms with van der Waals surface area (Å²) in [6, 6.07) is 11.4. The molecule has 0 N–H and O–H groups in total. The number of benzene rings is 1. The fourth-order valence-electron chi connectivity index (χ4n) is 4.21. The fraction of sp³-hybridized carbons (Fsp3) is 0.478. The van der Waals surface area contributed by atoms with Gasteiger partial charge >= 0.3 is 5.97 Å². The molecule has 1 saturated heterocycles. The van der Waals surface area contributed by atoms with E-state index in [2.05, 4.69) is 0 Å². The monoisotopic (exact) mass is 429 g/mol. The number of hydrogen-bond acceptors (Lipinski definition) is 6. The first kappa shape index (κ1) is 20.9. The van der Waals surface area contributed by atoms with Gasteiger partial charge in [-0.25, -0.2) is 4.79 Å². The van der Waals surface area contributed by atoms with Gasteiger partial charge in [-0.1, -0.05) is 30.3 Å². The maximum Gasteiger partial charge on any atom is 0.348 e. The van der Waals surface area contributed by atoms with Gasteiger partial charge < -0.3 is 19.1 Å². The van der Waals surface area contributed by atoms with E-state index in [1.165, 1.54) is 18.4 Å². The number of nitrogens with zero attached hydrogens (tertiary/aromatic N) is 1. The normalized spacial score (nSPS) is 22.9. The number of piperidine rings is 1. The highest BCUT2D eigenvalue weighted by molar-refractivity contribution is 7.14.